The first-order valence-corrected chi connectivity index (χ1v) is 11.1. The molecule has 0 aliphatic carbocycles. The number of fused-ring (bicyclic) bond motifs is 1. The Kier molecular flexibility index (Phi) is 7.43. The Morgan fingerprint density at radius 2 is 1.87 bits per heavy atom. The second kappa shape index (κ2) is 9.84. The molecule has 0 N–H and O–H groups in total. The summed E-state index contributed by atoms with van der Waals surface area (Å²) in [6, 6.07) is 13.1. The topological polar surface area (TPSA) is 40.6 Å². The Hall–Kier alpha value is -2.04. The third-order valence-corrected chi connectivity index (χ3v) is 6.41. The number of halogens is 2. The maximum atomic E-state index is 13.2. The van der Waals surface area contributed by atoms with Gasteiger partial charge in [0, 0.05) is 18.7 Å². The zero-order valence-electron chi connectivity index (χ0n) is 17.7. The fourth-order valence-corrected chi connectivity index (χ4v) is 4.14. The summed E-state index contributed by atoms with van der Waals surface area (Å²) in [6.07, 6.45) is 1.65. The van der Waals surface area contributed by atoms with Crippen LogP contribution in [0.25, 0.3) is 0 Å². The highest BCUT2D eigenvalue weighted by Crippen LogP contribution is 2.29. The van der Waals surface area contributed by atoms with Gasteiger partial charge in [-0.3, -0.25) is 9.59 Å². The zero-order chi connectivity index (χ0) is 21.8. The monoisotopic (exact) mass is 446 g/mol. The molecule has 3 rings (SSSR count). The van der Waals surface area contributed by atoms with E-state index in [0.717, 1.165) is 12.8 Å². The average molecular weight is 447 g/mol. The lowest BCUT2D eigenvalue weighted by Crippen LogP contribution is -2.46. The van der Waals surface area contributed by atoms with Crippen molar-refractivity contribution in [2.24, 2.45) is 5.92 Å². The number of carbonyl (C=O) groups is 2. The van der Waals surface area contributed by atoms with Crippen molar-refractivity contribution in [1.82, 2.24) is 9.80 Å². The number of hydrogen-bond acceptors (Lipinski definition) is 2. The SMILES string of the molecule is CC(C)CCN(CC(=O)N1CCc2ccccc2C1C)C(=O)c1ccc(Cl)c(Cl)c1. The Labute approximate surface area is 188 Å². The van der Waals surface area contributed by atoms with Crippen molar-refractivity contribution in [3.8, 4) is 0 Å². The van der Waals surface area contributed by atoms with Crippen LogP contribution in [0.1, 0.15) is 54.7 Å². The average Bonchev–Trinajstić information content (AvgIpc) is 2.72. The van der Waals surface area contributed by atoms with Gasteiger partial charge in [-0.1, -0.05) is 61.3 Å². The van der Waals surface area contributed by atoms with Crippen LogP contribution >= 0.6 is 23.2 Å². The molecule has 0 aromatic heterocycles. The van der Waals surface area contributed by atoms with Crippen molar-refractivity contribution < 1.29 is 9.59 Å². The van der Waals surface area contributed by atoms with Crippen molar-refractivity contribution in [3.63, 3.8) is 0 Å². The first kappa shape index (κ1) is 22.6. The molecule has 0 bridgehead atoms. The predicted molar refractivity (Wildman–Crippen MR) is 122 cm³/mol. The second-order valence-electron chi connectivity index (χ2n) is 8.25. The Bertz CT molecular complexity index is 929. The van der Waals surface area contributed by atoms with Crippen LogP contribution in [0.15, 0.2) is 42.5 Å². The third kappa shape index (κ3) is 5.16. The fraction of sp³-hybridized carbons (Fsp3) is 0.417. The normalized spacial score (nSPS) is 15.8. The van der Waals surface area contributed by atoms with E-state index >= 15 is 0 Å². The highest BCUT2D eigenvalue weighted by Gasteiger charge is 2.29. The largest absolute Gasteiger partial charge is 0.334 e. The van der Waals surface area contributed by atoms with E-state index in [1.165, 1.54) is 11.1 Å². The first-order valence-electron chi connectivity index (χ1n) is 10.4. The minimum Gasteiger partial charge on any atom is -0.334 e. The number of rotatable bonds is 6. The molecular weight excluding hydrogens is 419 g/mol. The van der Waals surface area contributed by atoms with Crippen LogP contribution in [0, 0.1) is 5.92 Å². The van der Waals surface area contributed by atoms with E-state index < -0.39 is 0 Å². The standard InChI is InChI=1S/C24H28Cl2N2O2/c1-16(2)10-12-27(24(30)19-8-9-21(25)22(26)14-19)15-23(29)28-13-11-18-6-4-5-7-20(18)17(28)3/h4-9,14,16-17H,10-13,15H2,1-3H3. The Morgan fingerprint density at radius 3 is 2.57 bits per heavy atom. The van der Waals surface area contributed by atoms with Gasteiger partial charge in [-0.05, 0) is 55.0 Å². The van der Waals surface area contributed by atoms with Gasteiger partial charge in [-0.2, -0.15) is 0 Å². The van der Waals surface area contributed by atoms with Crippen LogP contribution in [-0.4, -0.2) is 41.2 Å². The van der Waals surface area contributed by atoms with Gasteiger partial charge in [-0.25, -0.2) is 0 Å². The van der Waals surface area contributed by atoms with E-state index in [4.69, 9.17) is 23.2 Å². The molecule has 6 heteroatoms. The molecule has 30 heavy (non-hydrogen) atoms. The minimum atomic E-state index is -0.201. The van der Waals surface area contributed by atoms with Crippen LogP contribution in [0.5, 0.6) is 0 Å². The van der Waals surface area contributed by atoms with Gasteiger partial charge in [0.1, 0.15) is 6.54 Å². The molecule has 160 valence electrons. The summed E-state index contributed by atoms with van der Waals surface area (Å²) in [5.41, 5.74) is 2.91. The van der Waals surface area contributed by atoms with Gasteiger partial charge in [0.25, 0.3) is 5.91 Å². The van der Waals surface area contributed by atoms with Crippen LogP contribution in [0.2, 0.25) is 10.0 Å². The van der Waals surface area contributed by atoms with Crippen molar-refractivity contribution >= 4 is 35.0 Å². The molecule has 0 fully saturated rings. The minimum absolute atomic E-state index is 0.00511. The van der Waals surface area contributed by atoms with Crippen LogP contribution in [0.3, 0.4) is 0 Å². The van der Waals surface area contributed by atoms with Gasteiger partial charge in [-0.15, -0.1) is 0 Å². The van der Waals surface area contributed by atoms with Gasteiger partial charge in [0.15, 0.2) is 0 Å². The molecular formula is C24H28Cl2N2O2. The number of hydrogen-bond donors (Lipinski definition) is 0. The van der Waals surface area contributed by atoms with Crippen molar-refractivity contribution in [3.05, 3.63) is 69.2 Å². The molecule has 4 nitrogen and oxygen atoms in total. The van der Waals surface area contributed by atoms with Gasteiger partial charge in [0.05, 0.1) is 16.1 Å². The van der Waals surface area contributed by atoms with E-state index in [1.807, 2.05) is 17.0 Å². The first-order chi connectivity index (χ1) is 14.3. The smallest absolute Gasteiger partial charge is 0.254 e. The summed E-state index contributed by atoms with van der Waals surface area (Å²) in [6.45, 7) is 7.49. The second-order valence-corrected chi connectivity index (χ2v) is 9.06. The summed E-state index contributed by atoms with van der Waals surface area (Å²) in [5, 5.41) is 0.734. The molecule has 1 unspecified atom stereocenters. The van der Waals surface area contributed by atoms with Crippen molar-refractivity contribution in [2.45, 2.75) is 39.7 Å². The zero-order valence-corrected chi connectivity index (χ0v) is 19.2. The Morgan fingerprint density at radius 1 is 1.13 bits per heavy atom. The summed E-state index contributed by atoms with van der Waals surface area (Å²) in [5.74, 6) is 0.187. The number of carbonyl (C=O) groups excluding carboxylic acids is 2. The lowest BCUT2D eigenvalue weighted by molar-refractivity contribution is -0.134. The third-order valence-electron chi connectivity index (χ3n) is 5.67. The van der Waals surface area contributed by atoms with Crippen LogP contribution in [-0.2, 0) is 11.2 Å². The molecule has 2 amide bonds. The number of benzene rings is 2. The lowest BCUT2D eigenvalue weighted by Gasteiger charge is -2.36. The van der Waals surface area contributed by atoms with Crippen LogP contribution < -0.4 is 0 Å². The predicted octanol–water partition coefficient (Wildman–Crippen LogP) is 5.63. The van der Waals surface area contributed by atoms with E-state index in [0.29, 0.717) is 34.6 Å². The highest BCUT2D eigenvalue weighted by atomic mass is 35.5. The highest BCUT2D eigenvalue weighted by molar-refractivity contribution is 6.42. The number of amides is 2. The van der Waals surface area contributed by atoms with Crippen molar-refractivity contribution in [1.29, 1.82) is 0 Å². The fourth-order valence-electron chi connectivity index (χ4n) is 3.84. The maximum absolute atomic E-state index is 13.2. The van der Waals surface area contributed by atoms with E-state index in [9.17, 15) is 9.59 Å². The maximum Gasteiger partial charge on any atom is 0.254 e. The molecule has 0 spiro atoms. The van der Waals surface area contributed by atoms with Gasteiger partial charge < -0.3 is 9.80 Å². The molecule has 1 atom stereocenters. The van der Waals surface area contributed by atoms with Crippen molar-refractivity contribution in [2.75, 3.05) is 19.6 Å². The van der Waals surface area contributed by atoms with Crippen LogP contribution in [0.4, 0.5) is 0 Å². The van der Waals surface area contributed by atoms with E-state index in [1.54, 1.807) is 23.1 Å². The quantitative estimate of drug-likeness (QED) is 0.576. The molecule has 1 heterocycles. The summed E-state index contributed by atoms with van der Waals surface area (Å²) < 4.78 is 0. The molecule has 1 aliphatic rings. The van der Waals surface area contributed by atoms with Gasteiger partial charge in [0.2, 0.25) is 5.91 Å². The lowest BCUT2D eigenvalue weighted by atomic mass is 9.93. The summed E-state index contributed by atoms with van der Waals surface area (Å²) >= 11 is 12.1. The molecule has 0 saturated heterocycles. The summed E-state index contributed by atoms with van der Waals surface area (Å²) in [7, 11) is 0. The van der Waals surface area contributed by atoms with E-state index in [-0.39, 0.29) is 24.4 Å². The van der Waals surface area contributed by atoms with Gasteiger partial charge >= 0.3 is 0 Å². The molecule has 0 radical (unpaired) electrons. The summed E-state index contributed by atoms with van der Waals surface area (Å²) in [4.78, 5) is 29.9. The van der Waals surface area contributed by atoms with E-state index in [2.05, 4.69) is 32.9 Å². The molecule has 2 aromatic rings. The Balaban J connectivity index is 1.78. The molecule has 0 saturated carbocycles. The number of nitrogens with zero attached hydrogens (tertiary/aromatic N) is 2. The molecule has 2 aromatic carbocycles. The molecule has 1 aliphatic heterocycles.